The molecule has 92 valence electrons. The summed E-state index contributed by atoms with van der Waals surface area (Å²) in [6.07, 6.45) is 1.73. The van der Waals surface area contributed by atoms with Crippen LogP contribution in [0, 0.1) is 5.82 Å². The van der Waals surface area contributed by atoms with Gasteiger partial charge in [-0.05, 0) is 38.5 Å². The van der Waals surface area contributed by atoms with E-state index in [1.165, 1.54) is 6.07 Å². The van der Waals surface area contributed by atoms with Crippen LogP contribution in [-0.4, -0.2) is 15.6 Å². The fourth-order valence-corrected chi connectivity index (χ4v) is 2.05. The van der Waals surface area contributed by atoms with Gasteiger partial charge >= 0.3 is 0 Å². The maximum absolute atomic E-state index is 13.2. The van der Waals surface area contributed by atoms with E-state index in [4.69, 9.17) is 5.73 Å². The first kappa shape index (κ1) is 12.0. The summed E-state index contributed by atoms with van der Waals surface area (Å²) in [5.74, 6) is 0.774. The zero-order valence-electron chi connectivity index (χ0n) is 10.3. The van der Waals surface area contributed by atoms with Gasteiger partial charge in [0.25, 0.3) is 0 Å². The first-order valence-electron chi connectivity index (χ1n) is 6.02. The van der Waals surface area contributed by atoms with E-state index in [1.54, 1.807) is 12.1 Å². The smallest absolute Gasteiger partial charge is 0.125 e. The molecule has 4 heteroatoms. The fraction of sp³-hybridized carbons (Fsp3) is 0.462. The van der Waals surface area contributed by atoms with Gasteiger partial charge in [-0.1, -0.05) is 0 Å². The predicted molar refractivity (Wildman–Crippen MR) is 67.3 cm³/mol. The number of imidazole rings is 1. The lowest BCUT2D eigenvalue weighted by Crippen LogP contribution is -2.16. The van der Waals surface area contributed by atoms with Crippen molar-refractivity contribution in [2.24, 2.45) is 5.73 Å². The zero-order valence-corrected chi connectivity index (χ0v) is 10.3. The second kappa shape index (κ2) is 4.84. The number of nitrogens with two attached hydrogens (primary N) is 1. The van der Waals surface area contributed by atoms with Crippen LogP contribution in [0.4, 0.5) is 4.39 Å². The second-order valence-corrected chi connectivity index (χ2v) is 4.42. The Morgan fingerprint density at radius 1 is 1.47 bits per heavy atom. The summed E-state index contributed by atoms with van der Waals surface area (Å²) < 4.78 is 15.3. The number of nitrogens with zero attached hydrogens (tertiary/aromatic N) is 2. The molecule has 0 aliphatic carbocycles. The summed E-state index contributed by atoms with van der Waals surface area (Å²) >= 11 is 0. The van der Waals surface area contributed by atoms with Gasteiger partial charge in [0.2, 0.25) is 0 Å². The monoisotopic (exact) mass is 235 g/mol. The van der Waals surface area contributed by atoms with Crippen LogP contribution in [0.1, 0.15) is 26.1 Å². The third-order valence-electron chi connectivity index (χ3n) is 2.93. The average Bonchev–Trinajstić information content (AvgIpc) is 2.63. The molecule has 0 bridgehead atoms. The minimum atomic E-state index is -0.217. The minimum absolute atomic E-state index is 0.164. The van der Waals surface area contributed by atoms with Crippen LogP contribution in [0.3, 0.4) is 0 Å². The molecule has 1 aromatic carbocycles. The Balaban J connectivity index is 2.41. The number of aromatic nitrogens is 2. The molecule has 3 nitrogen and oxygen atoms in total. The predicted octanol–water partition coefficient (Wildman–Crippen LogP) is 2.48. The molecule has 0 aliphatic rings. The number of benzene rings is 1. The molecule has 17 heavy (non-hydrogen) atoms. The van der Waals surface area contributed by atoms with E-state index >= 15 is 0 Å². The van der Waals surface area contributed by atoms with Gasteiger partial charge in [0, 0.05) is 19.0 Å². The SMILES string of the molecule is CCn1c(CCC(C)N)nc2ccc(F)cc21. The van der Waals surface area contributed by atoms with E-state index in [-0.39, 0.29) is 11.9 Å². The van der Waals surface area contributed by atoms with Gasteiger partial charge in [0.1, 0.15) is 11.6 Å². The number of hydrogen-bond acceptors (Lipinski definition) is 2. The van der Waals surface area contributed by atoms with Crippen molar-refractivity contribution in [1.29, 1.82) is 0 Å². The fourth-order valence-electron chi connectivity index (χ4n) is 2.05. The van der Waals surface area contributed by atoms with Crippen molar-refractivity contribution < 1.29 is 4.39 Å². The van der Waals surface area contributed by atoms with E-state index < -0.39 is 0 Å². The first-order chi connectivity index (χ1) is 8.11. The topological polar surface area (TPSA) is 43.8 Å². The molecule has 2 aromatic rings. The van der Waals surface area contributed by atoms with Crippen molar-refractivity contribution in [3.63, 3.8) is 0 Å². The molecule has 1 unspecified atom stereocenters. The third kappa shape index (κ3) is 2.47. The third-order valence-corrected chi connectivity index (χ3v) is 2.93. The van der Waals surface area contributed by atoms with Crippen molar-refractivity contribution in [2.75, 3.05) is 0 Å². The van der Waals surface area contributed by atoms with Crippen molar-refractivity contribution in [1.82, 2.24) is 9.55 Å². The summed E-state index contributed by atoms with van der Waals surface area (Å²) in [7, 11) is 0. The Hall–Kier alpha value is -1.42. The molecular formula is C13H18FN3. The Labute approximate surface area is 100 Å². The van der Waals surface area contributed by atoms with Crippen molar-refractivity contribution in [2.45, 2.75) is 39.3 Å². The van der Waals surface area contributed by atoms with Crippen LogP contribution < -0.4 is 5.73 Å². The minimum Gasteiger partial charge on any atom is -0.328 e. The van der Waals surface area contributed by atoms with Gasteiger partial charge in [0.05, 0.1) is 11.0 Å². The summed E-state index contributed by atoms with van der Waals surface area (Å²) in [6, 6.07) is 4.88. The zero-order chi connectivity index (χ0) is 12.4. The lowest BCUT2D eigenvalue weighted by molar-refractivity contribution is 0.616. The van der Waals surface area contributed by atoms with Crippen molar-refractivity contribution in [3.05, 3.63) is 29.8 Å². The highest BCUT2D eigenvalue weighted by molar-refractivity contribution is 5.76. The van der Waals surface area contributed by atoms with Crippen LogP contribution in [0.25, 0.3) is 11.0 Å². The largest absolute Gasteiger partial charge is 0.328 e. The Morgan fingerprint density at radius 2 is 2.24 bits per heavy atom. The van der Waals surface area contributed by atoms with Crippen LogP contribution in [0.5, 0.6) is 0 Å². The highest BCUT2D eigenvalue weighted by atomic mass is 19.1. The lowest BCUT2D eigenvalue weighted by Gasteiger charge is -2.07. The van der Waals surface area contributed by atoms with Gasteiger partial charge in [-0.2, -0.15) is 0 Å². The molecule has 1 atom stereocenters. The molecule has 0 aliphatic heterocycles. The number of aryl methyl sites for hydroxylation is 2. The molecule has 0 radical (unpaired) electrons. The molecule has 0 fully saturated rings. The molecule has 0 spiro atoms. The van der Waals surface area contributed by atoms with E-state index in [0.717, 1.165) is 36.2 Å². The van der Waals surface area contributed by atoms with Gasteiger partial charge in [-0.3, -0.25) is 0 Å². The average molecular weight is 235 g/mol. The quantitative estimate of drug-likeness (QED) is 0.884. The molecule has 1 heterocycles. The highest BCUT2D eigenvalue weighted by Gasteiger charge is 2.10. The lowest BCUT2D eigenvalue weighted by atomic mass is 10.2. The van der Waals surface area contributed by atoms with Crippen LogP contribution >= 0.6 is 0 Å². The van der Waals surface area contributed by atoms with Crippen LogP contribution in [0.2, 0.25) is 0 Å². The maximum atomic E-state index is 13.2. The van der Waals surface area contributed by atoms with E-state index in [0.29, 0.717) is 0 Å². The Bertz CT molecular complexity index is 517. The van der Waals surface area contributed by atoms with Crippen molar-refractivity contribution >= 4 is 11.0 Å². The normalized spacial score (nSPS) is 13.2. The van der Waals surface area contributed by atoms with E-state index in [2.05, 4.69) is 9.55 Å². The van der Waals surface area contributed by atoms with Crippen LogP contribution in [-0.2, 0) is 13.0 Å². The Morgan fingerprint density at radius 3 is 2.88 bits per heavy atom. The van der Waals surface area contributed by atoms with E-state index in [9.17, 15) is 4.39 Å². The van der Waals surface area contributed by atoms with Crippen molar-refractivity contribution in [3.8, 4) is 0 Å². The number of fused-ring (bicyclic) bond motifs is 1. The summed E-state index contributed by atoms with van der Waals surface area (Å²) in [5, 5.41) is 0. The molecule has 0 saturated carbocycles. The van der Waals surface area contributed by atoms with Gasteiger partial charge < -0.3 is 10.3 Å². The molecule has 0 amide bonds. The van der Waals surface area contributed by atoms with E-state index in [1.807, 2.05) is 13.8 Å². The standard InChI is InChI=1S/C13H18FN3/c1-3-17-12-8-10(14)5-6-11(12)16-13(17)7-4-9(2)15/h5-6,8-9H,3-4,7,15H2,1-2H3. The summed E-state index contributed by atoms with van der Waals surface area (Å²) in [4.78, 5) is 4.54. The maximum Gasteiger partial charge on any atom is 0.125 e. The molecule has 2 rings (SSSR count). The molecular weight excluding hydrogens is 217 g/mol. The number of halogens is 1. The molecule has 0 saturated heterocycles. The summed E-state index contributed by atoms with van der Waals surface area (Å²) in [5.41, 5.74) is 7.48. The van der Waals surface area contributed by atoms with Gasteiger partial charge in [-0.15, -0.1) is 0 Å². The highest BCUT2D eigenvalue weighted by Crippen LogP contribution is 2.18. The molecule has 1 aromatic heterocycles. The van der Waals surface area contributed by atoms with Crippen LogP contribution in [0.15, 0.2) is 18.2 Å². The molecule has 2 N–H and O–H groups in total. The van der Waals surface area contributed by atoms with Gasteiger partial charge in [-0.25, -0.2) is 9.37 Å². The number of hydrogen-bond donors (Lipinski definition) is 1. The number of rotatable bonds is 4. The summed E-state index contributed by atoms with van der Waals surface area (Å²) in [6.45, 7) is 4.83. The second-order valence-electron chi connectivity index (χ2n) is 4.42. The first-order valence-corrected chi connectivity index (χ1v) is 6.02. The Kier molecular flexibility index (Phi) is 3.43. The van der Waals surface area contributed by atoms with Gasteiger partial charge in [0.15, 0.2) is 0 Å².